The molecule has 1 aliphatic rings. The molecule has 0 bridgehead atoms. The summed E-state index contributed by atoms with van der Waals surface area (Å²) in [5.41, 5.74) is -0.0989. The molecule has 0 N–H and O–H groups in total. The summed E-state index contributed by atoms with van der Waals surface area (Å²) in [6.07, 6.45) is 0.161. The fourth-order valence-corrected chi connectivity index (χ4v) is 2.86. The highest BCUT2D eigenvalue weighted by Crippen LogP contribution is 2.42. The second-order valence-electron chi connectivity index (χ2n) is 6.76. The molecule has 1 aliphatic heterocycles. The van der Waals surface area contributed by atoms with Crippen LogP contribution in [0.5, 0.6) is 0 Å². The van der Waals surface area contributed by atoms with Crippen LogP contribution < -0.4 is 0 Å². The molecule has 0 amide bonds. The summed E-state index contributed by atoms with van der Waals surface area (Å²) in [5, 5.41) is 0.594. The predicted molar refractivity (Wildman–Crippen MR) is 91.5 cm³/mol. The quantitative estimate of drug-likeness (QED) is 0.601. The molecular formula is C17H24BClO4. The summed E-state index contributed by atoms with van der Waals surface area (Å²) in [6.45, 7) is 10.1. The fourth-order valence-electron chi connectivity index (χ4n) is 2.58. The molecule has 1 atom stereocenters. The minimum absolute atomic E-state index is 0.161. The van der Waals surface area contributed by atoms with Crippen LogP contribution in [0.1, 0.15) is 52.4 Å². The zero-order valence-electron chi connectivity index (χ0n) is 14.4. The van der Waals surface area contributed by atoms with E-state index in [0.29, 0.717) is 11.6 Å². The van der Waals surface area contributed by atoms with Crippen molar-refractivity contribution in [3.8, 4) is 0 Å². The summed E-state index contributed by atoms with van der Waals surface area (Å²) in [5.74, 6) is -0.601. The third-order valence-electron chi connectivity index (χ3n) is 4.60. The molecule has 1 fully saturated rings. The van der Waals surface area contributed by atoms with Crippen LogP contribution in [0, 0.1) is 0 Å². The van der Waals surface area contributed by atoms with Crippen molar-refractivity contribution in [3.05, 3.63) is 34.9 Å². The maximum atomic E-state index is 12.0. The van der Waals surface area contributed by atoms with Gasteiger partial charge in [0.05, 0.1) is 24.2 Å². The van der Waals surface area contributed by atoms with E-state index in [1.807, 2.05) is 45.9 Å². The lowest BCUT2D eigenvalue weighted by Crippen LogP contribution is -2.41. The molecule has 1 unspecified atom stereocenters. The Kier molecular flexibility index (Phi) is 5.44. The van der Waals surface area contributed by atoms with Gasteiger partial charge in [-0.15, -0.1) is 0 Å². The van der Waals surface area contributed by atoms with Gasteiger partial charge in [0.15, 0.2) is 0 Å². The van der Waals surface area contributed by atoms with Crippen LogP contribution in [-0.4, -0.2) is 30.9 Å². The van der Waals surface area contributed by atoms with Gasteiger partial charge in [0.2, 0.25) is 0 Å². The Morgan fingerprint density at radius 3 is 2.30 bits per heavy atom. The first-order chi connectivity index (χ1) is 10.7. The van der Waals surface area contributed by atoms with Crippen molar-refractivity contribution in [3.63, 3.8) is 0 Å². The van der Waals surface area contributed by atoms with Crippen LogP contribution in [0.4, 0.5) is 0 Å². The molecule has 6 heteroatoms. The normalized spacial score (nSPS) is 20.3. The fraction of sp³-hybridized carbons (Fsp3) is 0.588. The molecular weight excluding hydrogens is 314 g/mol. The predicted octanol–water partition coefficient (Wildman–Crippen LogP) is 4.01. The van der Waals surface area contributed by atoms with Gasteiger partial charge in [0.1, 0.15) is 0 Å². The average molecular weight is 339 g/mol. The number of ether oxygens (including phenoxy) is 1. The lowest BCUT2D eigenvalue weighted by Gasteiger charge is -2.32. The van der Waals surface area contributed by atoms with Crippen molar-refractivity contribution in [2.75, 3.05) is 6.61 Å². The van der Waals surface area contributed by atoms with E-state index < -0.39 is 18.3 Å². The molecule has 0 aromatic heterocycles. The number of carbonyl (C=O) groups is 1. The molecule has 0 saturated carbocycles. The molecule has 23 heavy (non-hydrogen) atoms. The van der Waals surface area contributed by atoms with E-state index >= 15 is 0 Å². The van der Waals surface area contributed by atoms with Crippen LogP contribution in [0.25, 0.3) is 0 Å². The van der Waals surface area contributed by atoms with Crippen LogP contribution in [-0.2, 0) is 18.8 Å². The summed E-state index contributed by atoms with van der Waals surface area (Å²) >= 11 is 6.34. The van der Waals surface area contributed by atoms with Gasteiger partial charge >= 0.3 is 13.1 Å². The molecule has 1 aromatic rings. The first-order valence-electron chi connectivity index (χ1n) is 7.93. The van der Waals surface area contributed by atoms with Crippen LogP contribution in [0.3, 0.4) is 0 Å². The van der Waals surface area contributed by atoms with E-state index in [-0.39, 0.29) is 18.2 Å². The number of esters is 1. The van der Waals surface area contributed by atoms with Crippen molar-refractivity contribution in [1.82, 2.24) is 0 Å². The number of hydrogen-bond acceptors (Lipinski definition) is 4. The first-order valence-corrected chi connectivity index (χ1v) is 8.31. The van der Waals surface area contributed by atoms with Crippen LogP contribution >= 0.6 is 11.6 Å². The van der Waals surface area contributed by atoms with Gasteiger partial charge in [-0.25, -0.2) is 0 Å². The third kappa shape index (κ3) is 3.90. The topological polar surface area (TPSA) is 44.8 Å². The Hall–Kier alpha value is -1.04. The highest BCUT2D eigenvalue weighted by atomic mass is 35.5. The van der Waals surface area contributed by atoms with E-state index in [2.05, 4.69) is 0 Å². The number of carbonyl (C=O) groups excluding carboxylic acids is 1. The van der Waals surface area contributed by atoms with Gasteiger partial charge < -0.3 is 14.0 Å². The maximum absolute atomic E-state index is 12.0. The van der Waals surface area contributed by atoms with Crippen LogP contribution in [0.15, 0.2) is 24.3 Å². The Bertz CT molecular complexity index is 557. The zero-order chi connectivity index (χ0) is 17.3. The van der Waals surface area contributed by atoms with Crippen molar-refractivity contribution in [1.29, 1.82) is 0 Å². The Morgan fingerprint density at radius 2 is 1.78 bits per heavy atom. The smallest absolute Gasteiger partial charge is 0.466 e. The van der Waals surface area contributed by atoms with Crippen molar-refractivity contribution >= 4 is 24.7 Å². The molecule has 0 spiro atoms. The van der Waals surface area contributed by atoms with Crippen molar-refractivity contribution in [2.45, 2.75) is 58.1 Å². The zero-order valence-corrected chi connectivity index (χ0v) is 15.1. The summed E-state index contributed by atoms with van der Waals surface area (Å²) in [6, 6.07) is 7.46. The van der Waals surface area contributed by atoms with E-state index in [1.54, 1.807) is 13.0 Å². The second kappa shape index (κ2) is 6.84. The number of benzene rings is 1. The standard InChI is InChI=1S/C17H24BClO4/c1-6-21-15(20)11-13(12-9-7-8-10-14(12)19)18-22-16(2,3)17(4,5)23-18/h7-10,13H,6,11H2,1-5H3. The molecule has 0 radical (unpaired) electrons. The van der Waals surface area contributed by atoms with E-state index in [0.717, 1.165) is 5.56 Å². The highest BCUT2D eigenvalue weighted by Gasteiger charge is 2.54. The Labute approximate surface area is 143 Å². The maximum Gasteiger partial charge on any atom is 0.466 e. The number of halogens is 1. The number of rotatable bonds is 5. The lowest BCUT2D eigenvalue weighted by molar-refractivity contribution is -0.143. The number of hydrogen-bond donors (Lipinski definition) is 0. The molecule has 1 aromatic carbocycles. The molecule has 2 rings (SSSR count). The summed E-state index contributed by atoms with van der Waals surface area (Å²) in [4.78, 5) is 12.0. The van der Waals surface area contributed by atoms with Gasteiger partial charge in [-0.1, -0.05) is 29.8 Å². The minimum atomic E-state index is -0.552. The molecule has 1 saturated heterocycles. The summed E-state index contributed by atoms with van der Waals surface area (Å²) in [7, 11) is -0.552. The van der Waals surface area contributed by atoms with Gasteiger partial charge in [0.25, 0.3) is 0 Å². The van der Waals surface area contributed by atoms with Gasteiger partial charge in [-0.3, -0.25) is 4.79 Å². The average Bonchev–Trinajstić information content (AvgIpc) is 2.66. The molecule has 4 nitrogen and oxygen atoms in total. The summed E-state index contributed by atoms with van der Waals surface area (Å²) < 4.78 is 17.4. The highest BCUT2D eigenvalue weighted by molar-refractivity contribution is 6.48. The minimum Gasteiger partial charge on any atom is -0.466 e. The van der Waals surface area contributed by atoms with Gasteiger partial charge in [-0.05, 0) is 46.2 Å². The van der Waals surface area contributed by atoms with Crippen LogP contribution in [0.2, 0.25) is 5.02 Å². The first kappa shape index (κ1) is 18.3. The van der Waals surface area contributed by atoms with Crippen molar-refractivity contribution < 1.29 is 18.8 Å². The van der Waals surface area contributed by atoms with Gasteiger partial charge in [-0.2, -0.15) is 0 Å². The molecule has 126 valence electrons. The van der Waals surface area contributed by atoms with Crippen molar-refractivity contribution in [2.24, 2.45) is 0 Å². The van der Waals surface area contributed by atoms with Gasteiger partial charge in [0, 0.05) is 10.8 Å². The molecule has 0 aliphatic carbocycles. The van der Waals surface area contributed by atoms with E-state index in [9.17, 15) is 4.79 Å². The molecule has 1 heterocycles. The SMILES string of the molecule is CCOC(=O)CC(B1OC(C)(C)C(C)(C)O1)c1ccccc1Cl. The second-order valence-corrected chi connectivity index (χ2v) is 7.17. The third-order valence-corrected chi connectivity index (χ3v) is 4.94. The lowest BCUT2D eigenvalue weighted by atomic mass is 9.66. The monoisotopic (exact) mass is 338 g/mol. The Balaban J connectivity index is 2.32. The van der Waals surface area contributed by atoms with E-state index in [4.69, 9.17) is 25.6 Å². The van der Waals surface area contributed by atoms with E-state index in [1.165, 1.54) is 0 Å². The Morgan fingerprint density at radius 1 is 1.22 bits per heavy atom. The largest absolute Gasteiger partial charge is 0.466 e.